The largest absolute Gasteiger partial charge is 0.389 e. The van der Waals surface area contributed by atoms with Crippen LogP contribution in [0, 0.1) is 5.92 Å². The molecule has 0 aliphatic carbocycles. The van der Waals surface area contributed by atoms with Gasteiger partial charge in [0, 0.05) is 6.54 Å². The molecule has 1 aliphatic rings. The number of aliphatic hydroxyl groups excluding tert-OH is 1. The number of β-amino-alcohol motifs (C(OH)–C–C–N with tert-alkyl or cyclic N) is 1. The fourth-order valence-corrected chi connectivity index (χ4v) is 1.97. The van der Waals surface area contributed by atoms with Gasteiger partial charge in [-0.1, -0.05) is 13.0 Å². The van der Waals surface area contributed by atoms with E-state index in [0.29, 0.717) is 6.61 Å². The van der Waals surface area contributed by atoms with Crippen LogP contribution in [0.1, 0.15) is 33.6 Å². The van der Waals surface area contributed by atoms with E-state index in [1.54, 1.807) is 6.08 Å². The molecule has 0 aromatic heterocycles. The molecule has 1 atom stereocenters. The zero-order valence-electron chi connectivity index (χ0n) is 11.9. The molecule has 0 spiro atoms. The molecule has 0 saturated carbocycles. The molecule has 0 radical (unpaired) electrons. The fourth-order valence-electron chi connectivity index (χ4n) is 1.97. The number of likely N-dealkylation sites (tertiary alicyclic amines) is 1. The number of aliphatic hydroxyl groups is 1. The first-order valence-corrected chi connectivity index (χ1v) is 6.61. The second-order valence-electron chi connectivity index (χ2n) is 5.76. The second kappa shape index (κ2) is 8.16. The van der Waals surface area contributed by atoms with Crippen molar-refractivity contribution in [2.75, 3.05) is 26.2 Å². The minimum absolute atomic E-state index is 0. The molecule has 0 aromatic carbocycles. The van der Waals surface area contributed by atoms with Crippen LogP contribution in [0.25, 0.3) is 0 Å². The fraction of sp³-hybridized carbons (Fsp3) is 0.857. The molecule has 0 amide bonds. The molecule has 3 nitrogen and oxygen atoms in total. The summed E-state index contributed by atoms with van der Waals surface area (Å²) in [4.78, 5) is 2.33. The van der Waals surface area contributed by atoms with Gasteiger partial charge in [-0.15, -0.1) is 19.0 Å². The summed E-state index contributed by atoms with van der Waals surface area (Å²) >= 11 is 0. The average molecular weight is 278 g/mol. The van der Waals surface area contributed by atoms with Gasteiger partial charge >= 0.3 is 0 Å². The smallest absolute Gasteiger partial charge is 0.0900 e. The SMILES string of the molecule is C=CC(C)(C)OCC(O)CN1CCC(C)CC1.Cl. The van der Waals surface area contributed by atoms with Gasteiger partial charge in [-0.2, -0.15) is 0 Å². The maximum Gasteiger partial charge on any atom is 0.0900 e. The summed E-state index contributed by atoms with van der Waals surface area (Å²) in [6, 6.07) is 0. The molecular weight excluding hydrogens is 250 g/mol. The van der Waals surface area contributed by atoms with E-state index >= 15 is 0 Å². The minimum Gasteiger partial charge on any atom is -0.389 e. The highest BCUT2D eigenvalue weighted by Crippen LogP contribution is 2.16. The lowest BCUT2D eigenvalue weighted by Gasteiger charge is -2.32. The number of ether oxygens (including phenoxy) is 1. The van der Waals surface area contributed by atoms with Gasteiger partial charge < -0.3 is 14.7 Å². The lowest BCUT2D eigenvalue weighted by atomic mass is 9.99. The van der Waals surface area contributed by atoms with Crippen molar-refractivity contribution in [3.8, 4) is 0 Å². The Morgan fingerprint density at radius 1 is 1.44 bits per heavy atom. The quantitative estimate of drug-likeness (QED) is 0.757. The molecule has 0 aromatic rings. The Labute approximate surface area is 118 Å². The van der Waals surface area contributed by atoms with E-state index in [2.05, 4.69) is 18.4 Å². The van der Waals surface area contributed by atoms with Crippen molar-refractivity contribution in [2.24, 2.45) is 5.92 Å². The van der Waals surface area contributed by atoms with Crippen LogP contribution in [0.3, 0.4) is 0 Å². The highest BCUT2D eigenvalue weighted by molar-refractivity contribution is 5.85. The molecule has 0 bridgehead atoms. The number of halogens is 1. The second-order valence-corrected chi connectivity index (χ2v) is 5.76. The molecule has 108 valence electrons. The van der Waals surface area contributed by atoms with E-state index in [0.717, 1.165) is 25.6 Å². The average Bonchev–Trinajstić information content (AvgIpc) is 2.30. The first-order valence-electron chi connectivity index (χ1n) is 6.61. The Hall–Kier alpha value is -0.0900. The zero-order valence-corrected chi connectivity index (χ0v) is 12.7. The van der Waals surface area contributed by atoms with Gasteiger partial charge in [-0.3, -0.25) is 0 Å². The zero-order chi connectivity index (χ0) is 12.9. The van der Waals surface area contributed by atoms with E-state index in [9.17, 15) is 5.11 Å². The topological polar surface area (TPSA) is 32.7 Å². The molecule has 1 fully saturated rings. The summed E-state index contributed by atoms with van der Waals surface area (Å²) in [7, 11) is 0. The maximum atomic E-state index is 9.93. The third-order valence-corrected chi connectivity index (χ3v) is 3.48. The normalized spacial score (nSPS) is 20.2. The number of rotatable bonds is 6. The first-order chi connectivity index (χ1) is 7.93. The van der Waals surface area contributed by atoms with Gasteiger partial charge in [-0.25, -0.2) is 0 Å². The van der Waals surface area contributed by atoms with Gasteiger partial charge in [0.1, 0.15) is 0 Å². The van der Waals surface area contributed by atoms with Crippen LogP contribution in [-0.4, -0.2) is 48.0 Å². The Balaban J connectivity index is 0.00000289. The monoisotopic (exact) mass is 277 g/mol. The van der Waals surface area contributed by atoms with Crippen molar-refractivity contribution in [3.05, 3.63) is 12.7 Å². The third kappa shape index (κ3) is 6.74. The lowest BCUT2D eigenvalue weighted by molar-refractivity contribution is -0.0437. The Morgan fingerprint density at radius 2 is 2.00 bits per heavy atom. The van der Waals surface area contributed by atoms with E-state index in [4.69, 9.17) is 4.74 Å². The summed E-state index contributed by atoms with van der Waals surface area (Å²) in [6.45, 7) is 13.2. The minimum atomic E-state index is -0.400. The van der Waals surface area contributed by atoms with Crippen LogP contribution in [0.15, 0.2) is 12.7 Å². The molecule has 18 heavy (non-hydrogen) atoms. The lowest BCUT2D eigenvalue weighted by Crippen LogP contribution is -2.40. The molecule has 1 unspecified atom stereocenters. The Kier molecular flexibility index (Phi) is 8.11. The van der Waals surface area contributed by atoms with Gasteiger partial charge in [0.25, 0.3) is 0 Å². The van der Waals surface area contributed by atoms with Crippen molar-refractivity contribution in [3.63, 3.8) is 0 Å². The molecule has 1 N–H and O–H groups in total. The first kappa shape index (κ1) is 17.9. The van der Waals surface area contributed by atoms with Crippen LogP contribution in [0.5, 0.6) is 0 Å². The predicted molar refractivity (Wildman–Crippen MR) is 78.3 cm³/mol. The molecule has 4 heteroatoms. The Bertz CT molecular complexity index is 238. The van der Waals surface area contributed by atoms with E-state index in [1.807, 2.05) is 13.8 Å². The van der Waals surface area contributed by atoms with E-state index in [-0.39, 0.29) is 18.0 Å². The Morgan fingerprint density at radius 3 is 2.50 bits per heavy atom. The van der Waals surface area contributed by atoms with Crippen molar-refractivity contribution in [1.29, 1.82) is 0 Å². The van der Waals surface area contributed by atoms with Gasteiger partial charge in [-0.05, 0) is 45.7 Å². The number of hydrogen-bond acceptors (Lipinski definition) is 3. The van der Waals surface area contributed by atoms with Crippen molar-refractivity contribution < 1.29 is 9.84 Å². The van der Waals surface area contributed by atoms with Crippen LogP contribution < -0.4 is 0 Å². The summed E-state index contributed by atoms with van der Waals surface area (Å²) in [5.41, 5.74) is -0.350. The van der Waals surface area contributed by atoms with Crippen LogP contribution in [0.4, 0.5) is 0 Å². The standard InChI is InChI=1S/C14H27NO2.ClH/c1-5-14(3,4)17-11-13(16)10-15-8-6-12(2)7-9-15;/h5,12-13,16H,1,6-11H2,2-4H3;1H. The van der Waals surface area contributed by atoms with Gasteiger partial charge in [0.2, 0.25) is 0 Å². The van der Waals surface area contributed by atoms with Crippen LogP contribution in [-0.2, 0) is 4.74 Å². The van der Waals surface area contributed by atoms with Gasteiger partial charge in [0.15, 0.2) is 0 Å². The highest BCUT2D eigenvalue weighted by atomic mass is 35.5. The van der Waals surface area contributed by atoms with Crippen molar-refractivity contribution in [1.82, 2.24) is 4.90 Å². The van der Waals surface area contributed by atoms with E-state index in [1.165, 1.54) is 12.8 Å². The van der Waals surface area contributed by atoms with E-state index < -0.39 is 6.10 Å². The van der Waals surface area contributed by atoms with Crippen LogP contribution in [0.2, 0.25) is 0 Å². The molecule has 1 heterocycles. The molecule has 1 aliphatic heterocycles. The van der Waals surface area contributed by atoms with Crippen molar-refractivity contribution in [2.45, 2.75) is 45.3 Å². The molecule has 1 saturated heterocycles. The molecule has 1 rings (SSSR count). The summed E-state index contributed by atoms with van der Waals surface area (Å²) in [6.07, 6.45) is 3.85. The number of nitrogens with zero attached hydrogens (tertiary/aromatic N) is 1. The predicted octanol–water partition coefficient (Wildman–Crippen LogP) is 2.48. The summed E-state index contributed by atoms with van der Waals surface area (Å²) in [5, 5.41) is 9.93. The third-order valence-electron chi connectivity index (χ3n) is 3.48. The number of piperidine rings is 1. The van der Waals surface area contributed by atoms with Gasteiger partial charge in [0.05, 0.1) is 18.3 Å². The van der Waals surface area contributed by atoms with Crippen molar-refractivity contribution >= 4 is 12.4 Å². The number of hydrogen-bond donors (Lipinski definition) is 1. The highest BCUT2D eigenvalue weighted by Gasteiger charge is 2.20. The maximum absolute atomic E-state index is 9.93. The molecular formula is C14H28ClNO2. The summed E-state index contributed by atoms with van der Waals surface area (Å²) in [5.74, 6) is 0.833. The summed E-state index contributed by atoms with van der Waals surface area (Å²) < 4.78 is 5.61. The van der Waals surface area contributed by atoms with Crippen LogP contribution >= 0.6 is 12.4 Å².